The van der Waals surface area contributed by atoms with Crippen molar-refractivity contribution < 1.29 is 28.5 Å². The summed E-state index contributed by atoms with van der Waals surface area (Å²) in [5.41, 5.74) is 3.40. The number of ether oxygens (including phenoxy) is 4. The number of hydrogen-bond donors (Lipinski definition) is 3. The van der Waals surface area contributed by atoms with E-state index in [1.807, 2.05) is 12.1 Å². The predicted octanol–water partition coefficient (Wildman–Crippen LogP) is 2.82. The maximum atomic E-state index is 13.3. The summed E-state index contributed by atoms with van der Waals surface area (Å²) in [6.45, 7) is 2.83. The Morgan fingerprint density at radius 1 is 1.00 bits per heavy atom. The lowest BCUT2D eigenvalue weighted by Crippen LogP contribution is -2.27. The molecule has 2 aromatic carbocycles. The molecule has 0 spiro atoms. The van der Waals surface area contributed by atoms with Crippen LogP contribution < -0.4 is 35.6 Å². The number of methoxy groups -OCH3 is 4. The molecule has 3 rings (SSSR count). The summed E-state index contributed by atoms with van der Waals surface area (Å²) in [5, 5.41) is 8.94. The molecular formula is C28H37N3O7. The maximum absolute atomic E-state index is 13.3. The number of fused-ring (bicyclic) bond motifs is 3. The van der Waals surface area contributed by atoms with Crippen LogP contribution in [-0.4, -0.2) is 59.9 Å². The first-order chi connectivity index (χ1) is 18.3. The molecule has 10 nitrogen and oxygen atoms in total. The number of anilines is 1. The molecule has 0 saturated carbocycles. The molecule has 0 saturated heterocycles. The van der Waals surface area contributed by atoms with Gasteiger partial charge in [-0.1, -0.05) is 6.07 Å². The zero-order valence-electron chi connectivity index (χ0n) is 22.7. The van der Waals surface area contributed by atoms with Crippen LogP contribution in [0.1, 0.15) is 43.4 Å². The number of aryl methyl sites for hydroxylation is 1. The third kappa shape index (κ3) is 6.74. The van der Waals surface area contributed by atoms with Gasteiger partial charge in [-0.25, -0.2) is 0 Å². The monoisotopic (exact) mass is 527 g/mol. The van der Waals surface area contributed by atoms with E-state index in [1.54, 1.807) is 40.6 Å². The highest BCUT2D eigenvalue weighted by Crippen LogP contribution is 2.50. The summed E-state index contributed by atoms with van der Waals surface area (Å²) in [7, 11) is 6.26. The Morgan fingerprint density at radius 3 is 2.42 bits per heavy atom. The van der Waals surface area contributed by atoms with Crippen molar-refractivity contribution in [2.45, 2.75) is 38.6 Å². The van der Waals surface area contributed by atoms with Crippen LogP contribution in [0.4, 0.5) is 5.69 Å². The van der Waals surface area contributed by atoms with E-state index in [2.05, 4.69) is 16.0 Å². The van der Waals surface area contributed by atoms with Gasteiger partial charge >= 0.3 is 0 Å². The standard InChI is InChI=1S/C28H37N3O7/c1-17(32)31-21-10-8-18-15-24(36-3)27(37-4)28(38-5)26(18)19-9-11-22(23(33)16-20(19)21)29-12-6-7-25(34)30-13-14-35-2/h9,11,15-16,21H,6-8,10,12-14H2,1-5H3,(H,29,33)(H,30,34)(H,31,32)/t21-/m1/s1. The van der Waals surface area contributed by atoms with Crippen molar-refractivity contribution in [3.05, 3.63) is 45.6 Å². The van der Waals surface area contributed by atoms with Gasteiger partial charge in [0.15, 0.2) is 11.5 Å². The predicted molar refractivity (Wildman–Crippen MR) is 145 cm³/mol. The zero-order valence-corrected chi connectivity index (χ0v) is 22.7. The van der Waals surface area contributed by atoms with Crippen molar-refractivity contribution >= 4 is 17.5 Å². The minimum absolute atomic E-state index is 0.0669. The molecule has 206 valence electrons. The molecule has 2 aromatic rings. The lowest BCUT2D eigenvalue weighted by atomic mass is 9.95. The van der Waals surface area contributed by atoms with Gasteiger partial charge in [0.2, 0.25) is 23.0 Å². The minimum Gasteiger partial charge on any atom is -0.493 e. The van der Waals surface area contributed by atoms with Gasteiger partial charge in [-0.05, 0) is 54.2 Å². The van der Waals surface area contributed by atoms with Crippen molar-refractivity contribution in [3.8, 4) is 28.4 Å². The minimum atomic E-state index is -0.375. The van der Waals surface area contributed by atoms with E-state index >= 15 is 0 Å². The Balaban J connectivity index is 2.00. The fourth-order valence-electron chi connectivity index (χ4n) is 4.71. The summed E-state index contributed by atoms with van der Waals surface area (Å²) in [4.78, 5) is 37.3. The summed E-state index contributed by atoms with van der Waals surface area (Å²) in [5.74, 6) is 1.24. The number of hydrogen-bond acceptors (Lipinski definition) is 8. The molecule has 2 amide bonds. The first kappa shape index (κ1) is 28.8. The van der Waals surface area contributed by atoms with Gasteiger partial charge in [0.05, 0.1) is 39.7 Å². The highest BCUT2D eigenvalue weighted by molar-refractivity contribution is 5.83. The van der Waals surface area contributed by atoms with E-state index in [9.17, 15) is 14.4 Å². The lowest BCUT2D eigenvalue weighted by Gasteiger charge is -2.19. The second-order valence-electron chi connectivity index (χ2n) is 8.97. The normalized spacial score (nSPS) is 13.9. The van der Waals surface area contributed by atoms with Crippen LogP contribution in [0.2, 0.25) is 0 Å². The molecule has 0 aliphatic heterocycles. The molecule has 0 fully saturated rings. The molecule has 38 heavy (non-hydrogen) atoms. The van der Waals surface area contributed by atoms with Crippen molar-refractivity contribution in [2.24, 2.45) is 0 Å². The van der Waals surface area contributed by atoms with Gasteiger partial charge in [0.25, 0.3) is 0 Å². The fraction of sp³-hybridized carbons (Fsp3) is 0.464. The van der Waals surface area contributed by atoms with Gasteiger partial charge in [0, 0.05) is 39.1 Å². The van der Waals surface area contributed by atoms with Crippen LogP contribution in [-0.2, 0) is 20.7 Å². The molecule has 0 heterocycles. The van der Waals surface area contributed by atoms with Crippen molar-refractivity contribution in [2.75, 3.05) is 53.5 Å². The van der Waals surface area contributed by atoms with Crippen LogP contribution in [0.25, 0.3) is 11.1 Å². The van der Waals surface area contributed by atoms with Crippen molar-refractivity contribution in [3.63, 3.8) is 0 Å². The Kier molecular flexibility index (Phi) is 10.3. The van der Waals surface area contributed by atoms with Gasteiger partial charge in [-0.3, -0.25) is 14.4 Å². The summed E-state index contributed by atoms with van der Waals surface area (Å²) >= 11 is 0. The highest BCUT2D eigenvalue weighted by Gasteiger charge is 2.29. The quantitative estimate of drug-likeness (QED) is 0.360. The van der Waals surface area contributed by atoms with E-state index in [1.165, 1.54) is 6.92 Å². The topological polar surface area (TPSA) is 124 Å². The average Bonchev–Trinajstić information content (AvgIpc) is 3.14. The van der Waals surface area contributed by atoms with Gasteiger partial charge in [0.1, 0.15) is 0 Å². The number of rotatable bonds is 12. The molecule has 1 aliphatic carbocycles. The number of carbonyl (C=O) groups is 2. The largest absolute Gasteiger partial charge is 0.493 e. The molecule has 0 bridgehead atoms. The van der Waals surface area contributed by atoms with Crippen molar-refractivity contribution in [1.29, 1.82) is 0 Å². The van der Waals surface area contributed by atoms with E-state index in [-0.39, 0.29) is 23.3 Å². The molecule has 1 aliphatic rings. The molecule has 1 atom stereocenters. The SMILES string of the molecule is COCCNC(=O)CCCNc1ccc2c(cc1=O)[C@H](NC(C)=O)CCc1cc(OC)c(OC)c(OC)c1-2. The number of nitrogens with one attached hydrogen (secondary N) is 3. The fourth-order valence-corrected chi connectivity index (χ4v) is 4.71. The van der Waals surface area contributed by atoms with Crippen LogP contribution in [0.5, 0.6) is 17.2 Å². The van der Waals surface area contributed by atoms with Crippen LogP contribution in [0, 0.1) is 0 Å². The Morgan fingerprint density at radius 2 is 1.76 bits per heavy atom. The van der Waals surface area contributed by atoms with E-state index in [0.29, 0.717) is 73.9 Å². The van der Waals surface area contributed by atoms with Gasteiger partial charge in [-0.2, -0.15) is 0 Å². The summed E-state index contributed by atoms with van der Waals surface area (Å²) in [6, 6.07) is 6.71. The van der Waals surface area contributed by atoms with Crippen LogP contribution >= 0.6 is 0 Å². The van der Waals surface area contributed by atoms with Crippen molar-refractivity contribution in [1.82, 2.24) is 10.6 Å². The molecule has 0 radical (unpaired) electrons. The van der Waals surface area contributed by atoms with Crippen LogP contribution in [0.15, 0.2) is 29.1 Å². The smallest absolute Gasteiger partial charge is 0.220 e. The van der Waals surface area contributed by atoms with E-state index in [4.69, 9.17) is 18.9 Å². The molecule has 0 aromatic heterocycles. The van der Waals surface area contributed by atoms with E-state index < -0.39 is 0 Å². The Bertz CT molecular complexity index is 1220. The number of amides is 2. The second-order valence-corrected chi connectivity index (χ2v) is 8.97. The molecule has 10 heteroatoms. The average molecular weight is 528 g/mol. The maximum Gasteiger partial charge on any atom is 0.220 e. The first-order valence-corrected chi connectivity index (χ1v) is 12.6. The van der Waals surface area contributed by atoms with Gasteiger partial charge in [-0.15, -0.1) is 0 Å². The summed E-state index contributed by atoms with van der Waals surface area (Å²) < 4.78 is 21.9. The highest BCUT2D eigenvalue weighted by atomic mass is 16.5. The zero-order chi connectivity index (χ0) is 27.7. The van der Waals surface area contributed by atoms with Gasteiger partial charge < -0.3 is 34.9 Å². The lowest BCUT2D eigenvalue weighted by molar-refractivity contribution is -0.121. The number of benzene rings is 1. The summed E-state index contributed by atoms with van der Waals surface area (Å²) in [6.07, 6.45) is 2.10. The third-order valence-corrected chi connectivity index (χ3v) is 6.44. The van der Waals surface area contributed by atoms with E-state index in [0.717, 1.165) is 16.7 Å². The third-order valence-electron chi connectivity index (χ3n) is 6.44. The Hall–Kier alpha value is -3.79. The molecule has 0 unspecified atom stereocenters. The molecular weight excluding hydrogens is 490 g/mol. The second kappa shape index (κ2) is 13.7. The van der Waals surface area contributed by atoms with Crippen LogP contribution in [0.3, 0.4) is 0 Å². The number of carbonyl (C=O) groups excluding carboxylic acids is 2. The Labute approximate surface area is 223 Å². The molecule has 3 N–H and O–H groups in total. The first-order valence-electron chi connectivity index (χ1n) is 12.6.